The number of aromatic nitrogens is 1. The van der Waals surface area contributed by atoms with E-state index in [4.69, 9.17) is 4.98 Å². The highest BCUT2D eigenvalue weighted by atomic mass is 15.0. The molecule has 43 heavy (non-hydrogen) atoms. The van der Waals surface area contributed by atoms with Gasteiger partial charge in [-0.1, -0.05) is 106 Å². The summed E-state index contributed by atoms with van der Waals surface area (Å²) < 4.78 is 0. The van der Waals surface area contributed by atoms with E-state index in [0.29, 0.717) is 11.8 Å². The monoisotopic (exact) mass is 569 g/mol. The summed E-state index contributed by atoms with van der Waals surface area (Å²) in [7, 11) is 0. The third-order valence-corrected chi connectivity index (χ3v) is 8.60. The van der Waals surface area contributed by atoms with Crippen molar-refractivity contribution in [3.8, 4) is 11.3 Å². The van der Waals surface area contributed by atoms with E-state index in [9.17, 15) is 0 Å². The van der Waals surface area contributed by atoms with Crippen molar-refractivity contribution >= 4 is 22.1 Å². The first-order valence-corrected chi connectivity index (χ1v) is 15.7. The minimum Gasteiger partial charge on any atom is -0.381 e. The highest BCUT2D eigenvalue weighted by Gasteiger charge is 2.26. The Balaban J connectivity index is 1.57. The first-order chi connectivity index (χ1) is 20.5. The van der Waals surface area contributed by atoms with Crippen LogP contribution in [0.2, 0.25) is 0 Å². The van der Waals surface area contributed by atoms with Crippen LogP contribution in [0.4, 0.5) is 11.4 Å². The molecule has 222 valence electrons. The normalized spacial score (nSPS) is 11.9. The topological polar surface area (TPSA) is 37.0 Å². The van der Waals surface area contributed by atoms with Gasteiger partial charge in [0.05, 0.1) is 16.9 Å². The van der Waals surface area contributed by atoms with Gasteiger partial charge in [-0.2, -0.15) is 0 Å². The van der Waals surface area contributed by atoms with Crippen molar-refractivity contribution in [2.75, 3.05) is 10.6 Å². The Bertz CT molecular complexity index is 1710. The number of aryl methyl sites for hydroxylation is 3. The Morgan fingerprint density at radius 1 is 0.698 bits per heavy atom. The Hall–Kier alpha value is -4.11. The van der Waals surface area contributed by atoms with Gasteiger partial charge in [-0.15, -0.1) is 0 Å². The number of nitrogens with one attached hydrogen (secondary N) is 2. The van der Waals surface area contributed by atoms with Crippen LogP contribution in [0.3, 0.4) is 0 Å². The van der Waals surface area contributed by atoms with E-state index in [1.54, 1.807) is 0 Å². The van der Waals surface area contributed by atoms with Crippen molar-refractivity contribution in [3.63, 3.8) is 0 Å². The second-order valence-electron chi connectivity index (χ2n) is 13.2. The molecule has 0 bridgehead atoms. The molecule has 5 rings (SSSR count). The van der Waals surface area contributed by atoms with Crippen molar-refractivity contribution in [3.05, 3.63) is 124 Å². The predicted octanol–water partition coefficient (Wildman–Crippen LogP) is 11.0. The smallest absolute Gasteiger partial charge is 0.0739 e. The second-order valence-corrected chi connectivity index (χ2v) is 13.2. The van der Waals surface area contributed by atoms with Gasteiger partial charge in [0.1, 0.15) is 0 Å². The number of hydrogen-bond acceptors (Lipinski definition) is 3. The Morgan fingerprint density at radius 3 is 1.98 bits per heavy atom. The molecular weight excluding hydrogens is 522 g/mol. The molecule has 0 unspecified atom stereocenters. The van der Waals surface area contributed by atoms with Gasteiger partial charge < -0.3 is 10.6 Å². The highest BCUT2D eigenvalue weighted by molar-refractivity contribution is 5.97. The number of benzene rings is 4. The van der Waals surface area contributed by atoms with Gasteiger partial charge in [0.25, 0.3) is 0 Å². The molecule has 0 saturated carbocycles. The summed E-state index contributed by atoms with van der Waals surface area (Å²) in [6.45, 7) is 20.8. The van der Waals surface area contributed by atoms with Gasteiger partial charge in [0.2, 0.25) is 0 Å². The van der Waals surface area contributed by atoms with Crippen LogP contribution in [-0.4, -0.2) is 4.98 Å². The molecule has 3 nitrogen and oxygen atoms in total. The molecule has 0 aliphatic rings. The van der Waals surface area contributed by atoms with Gasteiger partial charge in [-0.05, 0) is 97.2 Å². The van der Waals surface area contributed by atoms with Crippen LogP contribution < -0.4 is 10.6 Å². The molecule has 0 radical (unpaired) electrons. The molecule has 5 aromatic rings. The molecular formula is C40H47N3. The minimum absolute atomic E-state index is 0.385. The van der Waals surface area contributed by atoms with Gasteiger partial charge in [-0.3, -0.25) is 4.98 Å². The quantitative estimate of drug-likeness (QED) is 0.185. The Labute approximate surface area is 258 Å². The number of nitrogens with zero attached hydrogens (tertiary/aromatic N) is 1. The fraction of sp³-hybridized carbons (Fsp3) is 0.325. The minimum atomic E-state index is -0.385. The third kappa shape index (κ3) is 6.32. The van der Waals surface area contributed by atoms with Gasteiger partial charge in [-0.25, -0.2) is 0 Å². The van der Waals surface area contributed by atoms with Crippen LogP contribution in [0.25, 0.3) is 22.0 Å². The molecule has 3 heteroatoms. The van der Waals surface area contributed by atoms with Gasteiger partial charge >= 0.3 is 0 Å². The summed E-state index contributed by atoms with van der Waals surface area (Å²) in [6.07, 6.45) is 0. The molecule has 0 atom stereocenters. The number of hydrogen-bond donors (Lipinski definition) is 2. The van der Waals surface area contributed by atoms with E-state index in [-0.39, 0.29) is 5.54 Å². The van der Waals surface area contributed by atoms with Gasteiger partial charge in [0, 0.05) is 23.5 Å². The zero-order valence-corrected chi connectivity index (χ0v) is 27.4. The van der Waals surface area contributed by atoms with Gasteiger partial charge in [0.15, 0.2) is 0 Å². The molecule has 0 amide bonds. The fourth-order valence-electron chi connectivity index (χ4n) is 6.40. The van der Waals surface area contributed by atoms with Crippen LogP contribution in [-0.2, 0) is 12.1 Å². The van der Waals surface area contributed by atoms with Crippen molar-refractivity contribution in [2.24, 2.45) is 0 Å². The zero-order chi connectivity index (χ0) is 30.9. The average Bonchev–Trinajstić information content (AvgIpc) is 2.96. The summed E-state index contributed by atoms with van der Waals surface area (Å²) in [5.74, 6) is 0.839. The van der Waals surface area contributed by atoms with E-state index >= 15 is 0 Å². The van der Waals surface area contributed by atoms with E-state index < -0.39 is 0 Å². The fourth-order valence-corrected chi connectivity index (χ4v) is 6.40. The predicted molar refractivity (Wildman–Crippen MR) is 186 cm³/mol. The molecule has 4 aromatic carbocycles. The van der Waals surface area contributed by atoms with Crippen molar-refractivity contribution in [1.29, 1.82) is 0 Å². The molecule has 0 spiro atoms. The number of pyridine rings is 1. The standard InChI is InChI=1S/C40H47N3/c1-25(2)32-16-12-17-33(26(3)4)39(32)43-40(8,9)36-19-13-18-35(42-36)37-31(21-20-30-14-10-11-15-34(30)37)24-41-38-28(6)22-27(5)23-29(38)7/h10-23,25-26,41,43H,24H2,1-9H3. The Morgan fingerprint density at radius 2 is 1.33 bits per heavy atom. The van der Waals surface area contributed by atoms with Crippen LogP contribution in [0, 0.1) is 20.8 Å². The second kappa shape index (κ2) is 12.2. The molecule has 0 aliphatic carbocycles. The van der Waals surface area contributed by atoms with Crippen LogP contribution in [0.5, 0.6) is 0 Å². The summed E-state index contributed by atoms with van der Waals surface area (Å²) in [5, 5.41) is 10.2. The number of rotatable bonds is 9. The summed E-state index contributed by atoms with van der Waals surface area (Å²) >= 11 is 0. The largest absolute Gasteiger partial charge is 0.381 e. The van der Waals surface area contributed by atoms with Crippen molar-refractivity contribution in [2.45, 2.75) is 86.2 Å². The lowest BCUT2D eigenvalue weighted by Crippen LogP contribution is -2.30. The molecule has 1 heterocycles. The first-order valence-electron chi connectivity index (χ1n) is 15.7. The highest BCUT2D eigenvalue weighted by Crippen LogP contribution is 2.38. The lowest BCUT2D eigenvalue weighted by atomic mass is 9.90. The summed E-state index contributed by atoms with van der Waals surface area (Å²) in [5.41, 5.74) is 13.0. The summed E-state index contributed by atoms with van der Waals surface area (Å²) in [4.78, 5) is 5.38. The maximum Gasteiger partial charge on any atom is 0.0739 e. The van der Waals surface area contributed by atoms with E-state index in [1.165, 1.54) is 61.1 Å². The SMILES string of the molecule is Cc1cc(C)c(NCc2ccc3ccccc3c2-c2cccc(C(C)(C)Nc3c(C(C)C)cccc3C(C)C)n2)c(C)c1. The average molecular weight is 570 g/mol. The molecule has 0 aliphatic heterocycles. The van der Waals surface area contributed by atoms with Crippen molar-refractivity contribution < 1.29 is 0 Å². The number of anilines is 2. The van der Waals surface area contributed by atoms with E-state index in [1.807, 2.05) is 0 Å². The number of para-hydroxylation sites is 1. The third-order valence-electron chi connectivity index (χ3n) is 8.60. The molecule has 0 fully saturated rings. The van der Waals surface area contributed by atoms with Crippen molar-refractivity contribution in [1.82, 2.24) is 4.98 Å². The maximum absolute atomic E-state index is 5.38. The molecule has 0 saturated heterocycles. The first kappa shape index (κ1) is 30.4. The lowest BCUT2D eigenvalue weighted by molar-refractivity contribution is 0.584. The molecule has 1 aromatic heterocycles. The zero-order valence-electron chi connectivity index (χ0n) is 27.4. The van der Waals surface area contributed by atoms with Crippen LogP contribution in [0.15, 0.2) is 84.9 Å². The van der Waals surface area contributed by atoms with Crippen LogP contribution >= 0.6 is 0 Å². The number of fused-ring (bicyclic) bond motifs is 1. The lowest BCUT2D eigenvalue weighted by Gasteiger charge is -2.32. The van der Waals surface area contributed by atoms with E-state index in [0.717, 1.165) is 17.9 Å². The maximum atomic E-state index is 5.38. The molecule has 2 N–H and O–H groups in total. The van der Waals surface area contributed by atoms with Crippen LogP contribution in [0.1, 0.15) is 92.5 Å². The van der Waals surface area contributed by atoms with E-state index in [2.05, 4.69) is 158 Å². The summed E-state index contributed by atoms with van der Waals surface area (Å²) in [6, 6.07) is 30.8. The Kier molecular flexibility index (Phi) is 8.64.